The van der Waals surface area contributed by atoms with E-state index < -0.39 is 12.0 Å². The van der Waals surface area contributed by atoms with Crippen LogP contribution in [0.15, 0.2) is 23.6 Å². The third-order valence-electron chi connectivity index (χ3n) is 3.86. The Labute approximate surface area is 173 Å². The number of amides is 1. The van der Waals surface area contributed by atoms with E-state index in [0.29, 0.717) is 35.7 Å². The highest BCUT2D eigenvalue weighted by molar-refractivity contribution is 7.09. The second-order valence-corrected chi connectivity index (χ2v) is 6.53. The van der Waals surface area contributed by atoms with E-state index in [1.165, 1.54) is 32.7 Å². The number of nitrogens with zero attached hydrogens (tertiary/aromatic N) is 1. The van der Waals surface area contributed by atoms with E-state index in [1.54, 1.807) is 23.6 Å². The van der Waals surface area contributed by atoms with Gasteiger partial charge in [-0.05, 0) is 24.2 Å². The number of aromatic nitrogens is 1. The summed E-state index contributed by atoms with van der Waals surface area (Å²) in [5.74, 6) is 0.226. The second-order valence-electron chi connectivity index (χ2n) is 5.59. The number of carbonyl (C=O) groups is 2. The van der Waals surface area contributed by atoms with E-state index in [9.17, 15) is 9.59 Å². The summed E-state index contributed by atoms with van der Waals surface area (Å²) in [6, 6.07) is 4.58. The molecule has 2 aromatic rings. The van der Waals surface area contributed by atoms with Gasteiger partial charge in [0.05, 0.1) is 38.8 Å². The summed E-state index contributed by atoms with van der Waals surface area (Å²) in [6.45, 7) is 0.463. The fourth-order valence-corrected chi connectivity index (χ4v) is 3.25. The van der Waals surface area contributed by atoms with Crippen molar-refractivity contribution < 1.29 is 23.8 Å². The number of nitrogens with two attached hydrogens (primary N) is 1. The fourth-order valence-electron chi connectivity index (χ4n) is 2.46. The normalized spacial score (nSPS) is 11.1. The molecule has 1 aromatic heterocycles. The molecule has 0 saturated heterocycles. The van der Waals surface area contributed by atoms with Gasteiger partial charge >= 0.3 is 5.97 Å². The number of hydrogen-bond donors (Lipinski definition) is 2. The highest BCUT2D eigenvalue weighted by atomic mass is 35.5. The zero-order valence-corrected chi connectivity index (χ0v) is 17.5. The van der Waals surface area contributed by atoms with Crippen LogP contribution in [0.3, 0.4) is 0 Å². The van der Waals surface area contributed by atoms with Gasteiger partial charge in [0.15, 0.2) is 11.5 Å². The molecule has 0 aliphatic carbocycles. The Morgan fingerprint density at radius 2 is 1.93 bits per heavy atom. The standard InChI is InChI=1S/C18H23N3O5S.ClH/c1-24-14-5-4-11(8-15(14)25-2)12(9-17(22)26-3)21-18(23)13-10-27-16(20-13)6-7-19;/h4-5,8,10,12H,6-7,9,19H2,1-3H3,(H,21,23);1H. The van der Waals surface area contributed by atoms with Crippen LogP contribution < -0.4 is 20.5 Å². The maximum atomic E-state index is 12.6. The maximum absolute atomic E-state index is 12.6. The van der Waals surface area contributed by atoms with Crippen molar-refractivity contribution >= 4 is 35.6 Å². The van der Waals surface area contributed by atoms with Crippen molar-refractivity contribution in [2.75, 3.05) is 27.9 Å². The molecule has 0 aliphatic rings. The largest absolute Gasteiger partial charge is 0.493 e. The average molecular weight is 430 g/mol. The minimum Gasteiger partial charge on any atom is -0.493 e. The van der Waals surface area contributed by atoms with Crippen molar-refractivity contribution in [2.24, 2.45) is 5.73 Å². The van der Waals surface area contributed by atoms with Gasteiger partial charge in [-0.1, -0.05) is 6.07 Å². The second kappa shape index (κ2) is 11.5. The number of ether oxygens (including phenoxy) is 3. The number of halogens is 1. The summed E-state index contributed by atoms with van der Waals surface area (Å²) in [6.07, 6.45) is 0.580. The molecular formula is C18H24ClN3O5S. The van der Waals surface area contributed by atoms with Crippen molar-refractivity contribution in [1.82, 2.24) is 10.3 Å². The molecule has 3 N–H and O–H groups in total. The predicted molar refractivity (Wildman–Crippen MR) is 109 cm³/mol. The summed E-state index contributed by atoms with van der Waals surface area (Å²) in [7, 11) is 4.35. The number of hydrogen-bond acceptors (Lipinski definition) is 8. The Hall–Kier alpha value is -2.36. The van der Waals surface area contributed by atoms with Crippen LogP contribution in [0, 0.1) is 0 Å². The molecule has 0 saturated carbocycles. The smallest absolute Gasteiger partial charge is 0.307 e. The van der Waals surface area contributed by atoms with E-state index in [0.717, 1.165) is 5.01 Å². The van der Waals surface area contributed by atoms with Crippen LogP contribution in [-0.4, -0.2) is 44.7 Å². The third-order valence-corrected chi connectivity index (χ3v) is 4.76. The first-order valence-corrected chi connectivity index (χ1v) is 9.14. The fraction of sp³-hybridized carbons (Fsp3) is 0.389. The highest BCUT2D eigenvalue weighted by Crippen LogP contribution is 2.31. The van der Waals surface area contributed by atoms with E-state index in [-0.39, 0.29) is 24.7 Å². The molecule has 1 amide bonds. The van der Waals surface area contributed by atoms with Gasteiger partial charge in [-0.3, -0.25) is 9.59 Å². The summed E-state index contributed by atoms with van der Waals surface area (Å²) < 4.78 is 15.3. The molecule has 0 fully saturated rings. The number of rotatable bonds is 9. The lowest BCUT2D eigenvalue weighted by molar-refractivity contribution is -0.141. The summed E-state index contributed by atoms with van der Waals surface area (Å²) in [5, 5.41) is 5.30. The van der Waals surface area contributed by atoms with Crippen molar-refractivity contribution in [2.45, 2.75) is 18.9 Å². The first-order chi connectivity index (χ1) is 13.0. The molecule has 0 spiro atoms. The van der Waals surface area contributed by atoms with Gasteiger partial charge in [-0.15, -0.1) is 23.7 Å². The Balaban J connectivity index is 0.00000392. The van der Waals surface area contributed by atoms with Gasteiger partial charge in [0.1, 0.15) is 5.69 Å². The molecule has 0 aliphatic heterocycles. The van der Waals surface area contributed by atoms with Crippen molar-refractivity contribution in [1.29, 1.82) is 0 Å². The molecule has 0 radical (unpaired) electrons. The first-order valence-electron chi connectivity index (χ1n) is 8.26. The molecule has 28 heavy (non-hydrogen) atoms. The Kier molecular flexibility index (Phi) is 9.70. The molecule has 10 heteroatoms. The third kappa shape index (κ3) is 6.08. The highest BCUT2D eigenvalue weighted by Gasteiger charge is 2.22. The zero-order chi connectivity index (χ0) is 19.8. The maximum Gasteiger partial charge on any atom is 0.307 e. The van der Waals surface area contributed by atoms with Crippen LogP contribution in [0.5, 0.6) is 11.5 Å². The molecule has 8 nitrogen and oxygen atoms in total. The summed E-state index contributed by atoms with van der Waals surface area (Å²) in [4.78, 5) is 28.7. The van der Waals surface area contributed by atoms with E-state index in [1.807, 2.05) is 0 Å². The summed E-state index contributed by atoms with van der Waals surface area (Å²) in [5.41, 5.74) is 6.49. The lowest BCUT2D eigenvalue weighted by Gasteiger charge is -2.19. The van der Waals surface area contributed by atoms with Crippen LogP contribution in [0.4, 0.5) is 0 Å². The van der Waals surface area contributed by atoms with Crippen LogP contribution in [0.25, 0.3) is 0 Å². The van der Waals surface area contributed by atoms with Crippen molar-refractivity contribution in [3.8, 4) is 11.5 Å². The van der Waals surface area contributed by atoms with E-state index >= 15 is 0 Å². The van der Waals surface area contributed by atoms with Crippen LogP contribution >= 0.6 is 23.7 Å². The molecule has 154 valence electrons. The molecule has 1 heterocycles. The quantitative estimate of drug-likeness (QED) is 0.587. The van der Waals surface area contributed by atoms with Crippen molar-refractivity contribution in [3.63, 3.8) is 0 Å². The lowest BCUT2D eigenvalue weighted by Crippen LogP contribution is -2.30. The van der Waals surface area contributed by atoms with Crippen LogP contribution in [-0.2, 0) is 16.0 Å². The zero-order valence-electron chi connectivity index (χ0n) is 15.9. The van der Waals surface area contributed by atoms with Gasteiger partial charge in [-0.2, -0.15) is 0 Å². The van der Waals surface area contributed by atoms with E-state index in [2.05, 4.69) is 10.3 Å². The number of esters is 1. The SMILES string of the molecule is COC(=O)CC(NC(=O)c1csc(CCN)n1)c1ccc(OC)c(OC)c1.Cl. The number of carbonyl (C=O) groups excluding carboxylic acids is 2. The minimum atomic E-state index is -0.607. The Morgan fingerprint density at radius 1 is 1.21 bits per heavy atom. The molecule has 1 unspecified atom stereocenters. The first kappa shape index (κ1) is 23.7. The number of benzene rings is 1. The molecule has 2 rings (SSSR count). The van der Waals surface area contributed by atoms with Gasteiger partial charge < -0.3 is 25.3 Å². The molecular weight excluding hydrogens is 406 g/mol. The minimum absolute atomic E-state index is 0. The lowest BCUT2D eigenvalue weighted by atomic mass is 10.0. The Bertz CT molecular complexity index is 799. The average Bonchev–Trinajstić information content (AvgIpc) is 3.15. The summed E-state index contributed by atoms with van der Waals surface area (Å²) >= 11 is 1.37. The Morgan fingerprint density at radius 3 is 2.54 bits per heavy atom. The van der Waals surface area contributed by atoms with Gasteiger partial charge in [-0.25, -0.2) is 4.98 Å². The predicted octanol–water partition coefficient (Wildman–Crippen LogP) is 2.12. The van der Waals surface area contributed by atoms with Crippen LogP contribution in [0.2, 0.25) is 0 Å². The van der Waals surface area contributed by atoms with Gasteiger partial charge in [0.25, 0.3) is 5.91 Å². The number of methoxy groups -OCH3 is 3. The molecule has 1 aromatic carbocycles. The number of thiazole rings is 1. The topological polar surface area (TPSA) is 113 Å². The van der Waals surface area contributed by atoms with E-state index in [4.69, 9.17) is 19.9 Å². The number of nitrogens with one attached hydrogen (secondary N) is 1. The van der Waals surface area contributed by atoms with Gasteiger partial charge in [0.2, 0.25) is 0 Å². The molecule has 1 atom stereocenters. The van der Waals surface area contributed by atoms with Crippen LogP contribution in [0.1, 0.15) is 33.5 Å². The monoisotopic (exact) mass is 429 g/mol. The van der Waals surface area contributed by atoms with Gasteiger partial charge in [0, 0.05) is 11.8 Å². The molecule has 0 bridgehead atoms. The van der Waals surface area contributed by atoms with Crippen molar-refractivity contribution in [3.05, 3.63) is 39.8 Å².